The maximum atomic E-state index is 12.8. The molecule has 23 heavy (non-hydrogen) atoms. The van der Waals surface area contributed by atoms with Crippen LogP contribution in [0.1, 0.15) is 11.1 Å². The second kappa shape index (κ2) is 8.17. The lowest BCUT2D eigenvalue weighted by Crippen LogP contribution is -2.27. The first-order valence-electron chi connectivity index (χ1n) is 7.34. The van der Waals surface area contributed by atoms with Crippen LogP contribution in [-0.4, -0.2) is 26.7 Å². The Morgan fingerprint density at radius 2 is 1.83 bits per heavy atom. The first-order chi connectivity index (χ1) is 11.1. The van der Waals surface area contributed by atoms with Crippen LogP contribution in [0.3, 0.4) is 0 Å². The fraction of sp³-hybridized carbons (Fsp3) is 0.278. The summed E-state index contributed by atoms with van der Waals surface area (Å²) in [6.07, 6.45) is 0.891. The predicted molar refractivity (Wildman–Crippen MR) is 86.4 cm³/mol. The zero-order valence-corrected chi connectivity index (χ0v) is 13.3. The molecule has 0 fully saturated rings. The molecule has 0 bridgehead atoms. The summed E-state index contributed by atoms with van der Waals surface area (Å²) in [7, 11) is 3.14. The maximum Gasteiger partial charge on any atom is 0.224 e. The van der Waals surface area contributed by atoms with E-state index in [2.05, 4.69) is 5.32 Å². The van der Waals surface area contributed by atoms with Crippen molar-refractivity contribution in [2.45, 2.75) is 12.8 Å². The molecule has 2 aromatic rings. The van der Waals surface area contributed by atoms with Gasteiger partial charge in [0.2, 0.25) is 5.91 Å². The Morgan fingerprint density at radius 3 is 2.48 bits per heavy atom. The van der Waals surface area contributed by atoms with Gasteiger partial charge in [0.15, 0.2) is 0 Å². The molecule has 0 saturated carbocycles. The van der Waals surface area contributed by atoms with Crippen LogP contribution in [0.5, 0.6) is 11.5 Å². The Morgan fingerprint density at radius 1 is 1.09 bits per heavy atom. The summed E-state index contributed by atoms with van der Waals surface area (Å²) in [5, 5.41) is 2.85. The molecule has 5 heteroatoms. The molecular weight excluding hydrogens is 297 g/mol. The lowest BCUT2D eigenvalue weighted by atomic mass is 10.1. The second-order valence-electron chi connectivity index (χ2n) is 5.08. The molecule has 2 aromatic carbocycles. The third kappa shape index (κ3) is 4.98. The first-order valence-corrected chi connectivity index (χ1v) is 7.34. The summed E-state index contributed by atoms with van der Waals surface area (Å²) in [5.74, 6) is 0.959. The van der Waals surface area contributed by atoms with Gasteiger partial charge in [-0.3, -0.25) is 4.79 Å². The maximum absolute atomic E-state index is 12.8. The van der Waals surface area contributed by atoms with E-state index in [1.165, 1.54) is 12.1 Å². The molecule has 122 valence electrons. The molecule has 1 N–H and O–H groups in total. The number of nitrogens with one attached hydrogen (secondary N) is 1. The average molecular weight is 317 g/mol. The van der Waals surface area contributed by atoms with Crippen LogP contribution in [0.4, 0.5) is 4.39 Å². The van der Waals surface area contributed by atoms with Crippen molar-refractivity contribution in [2.24, 2.45) is 0 Å². The van der Waals surface area contributed by atoms with Crippen LogP contribution in [0.2, 0.25) is 0 Å². The van der Waals surface area contributed by atoms with E-state index in [1.807, 2.05) is 6.07 Å². The summed E-state index contributed by atoms with van der Waals surface area (Å²) in [6.45, 7) is 0.503. The van der Waals surface area contributed by atoms with Gasteiger partial charge in [0.25, 0.3) is 0 Å². The van der Waals surface area contributed by atoms with Crippen LogP contribution >= 0.6 is 0 Å². The fourth-order valence-corrected chi connectivity index (χ4v) is 2.23. The largest absolute Gasteiger partial charge is 0.497 e. The predicted octanol–water partition coefficient (Wildman–Crippen LogP) is 2.74. The highest BCUT2D eigenvalue weighted by atomic mass is 19.1. The summed E-state index contributed by atoms with van der Waals surface area (Å²) in [4.78, 5) is 12.0. The van der Waals surface area contributed by atoms with E-state index in [0.717, 1.165) is 11.1 Å². The van der Waals surface area contributed by atoms with Gasteiger partial charge in [-0.15, -0.1) is 0 Å². The number of rotatable bonds is 7. The molecule has 0 saturated heterocycles. The van der Waals surface area contributed by atoms with Gasteiger partial charge in [0.05, 0.1) is 20.6 Å². The Hall–Kier alpha value is -2.56. The van der Waals surface area contributed by atoms with Crippen LogP contribution in [0.15, 0.2) is 42.5 Å². The number of carbonyl (C=O) groups excluding carboxylic acids is 1. The molecular formula is C18H20FNO3. The van der Waals surface area contributed by atoms with Gasteiger partial charge in [-0.2, -0.15) is 0 Å². The topological polar surface area (TPSA) is 47.6 Å². The van der Waals surface area contributed by atoms with E-state index in [0.29, 0.717) is 24.5 Å². The molecule has 0 aliphatic carbocycles. The van der Waals surface area contributed by atoms with Crippen LogP contribution in [0.25, 0.3) is 0 Å². The van der Waals surface area contributed by atoms with Crippen LogP contribution < -0.4 is 14.8 Å². The third-order valence-corrected chi connectivity index (χ3v) is 3.49. The van der Waals surface area contributed by atoms with Crippen molar-refractivity contribution >= 4 is 5.91 Å². The highest BCUT2D eigenvalue weighted by Gasteiger charge is 2.09. The van der Waals surface area contributed by atoms with Gasteiger partial charge in [0, 0.05) is 18.2 Å². The number of carbonyl (C=O) groups is 1. The number of benzene rings is 2. The molecule has 0 aromatic heterocycles. The van der Waals surface area contributed by atoms with Crippen molar-refractivity contribution in [2.75, 3.05) is 20.8 Å². The number of hydrogen-bond donors (Lipinski definition) is 1. The highest BCUT2D eigenvalue weighted by Crippen LogP contribution is 2.24. The smallest absolute Gasteiger partial charge is 0.224 e. The number of amides is 1. The van der Waals surface area contributed by atoms with Gasteiger partial charge in [-0.25, -0.2) is 4.39 Å². The summed E-state index contributed by atoms with van der Waals surface area (Å²) >= 11 is 0. The molecule has 0 heterocycles. The molecule has 1 amide bonds. The zero-order chi connectivity index (χ0) is 16.7. The van der Waals surface area contributed by atoms with E-state index < -0.39 is 0 Å². The van der Waals surface area contributed by atoms with Gasteiger partial charge >= 0.3 is 0 Å². The Bertz CT molecular complexity index is 656. The standard InChI is InChI=1S/C18H20FNO3/c1-22-16-8-5-14(17(12-16)23-2)11-18(21)20-10-9-13-3-6-15(19)7-4-13/h3-8,12H,9-11H2,1-2H3,(H,20,21). The molecule has 0 aliphatic rings. The lowest BCUT2D eigenvalue weighted by Gasteiger charge is -2.11. The van der Waals surface area contributed by atoms with Crippen molar-refractivity contribution in [1.82, 2.24) is 5.32 Å². The number of halogens is 1. The van der Waals surface area contributed by atoms with E-state index in [1.54, 1.807) is 38.5 Å². The Labute approximate surface area is 135 Å². The van der Waals surface area contributed by atoms with E-state index in [4.69, 9.17) is 9.47 Å². The molecule has 0 radical (unpaired) electrons. The SMILES string of the molecule is COc1ccc(CC(=O)NCCc2ccc(F)cc2)c(OC)c1. The Kier molecular flexibility index (Phi) is 5.97. The molecule has 2 rings (SSSR count). The highest BCUT2D eigenvalue weighted by molar-refractivity contribution is 5.79. The van der Waals surface area contributed by atoms with Gasteiger partial charge < -0.3 is 14.8 Å². The summed E-state index contributed by atoms with van der Waals surface area (Å²) < 4.78 is 23.2. The number of ether oxygens (including phenoxy) is 2. The van der Waals surface area contributed by atoms with Crippen molar-refractivity contribution in [1.29, 1.82) is 0 Å². The quantitative estimate of drug-likeness (QED) is 0.854. The molecule has 0 aliphatic heterocycles. The fourth-order valence-electron chi connectivity index (χ4n) is 2.23. The van der Waals surface area contributed by atoms with E-state index in [9.17, 15) is 9.18 Å². The van der Waals surface area contributed by atoms with Crippen molar-refractivity contribution in [3.63, 3.8) is 0 Å². The normalized spacial score (nSPS) is 10.2. The lowest BCUT2D eigenvalue weighted by molar-refractivity contribution is -0.120. The van der Waals surface area contributed by atoms with Gasteiger partial charge in [-0.1, -0.05) is 18.2 Å². The molecule has 0 unspecified atom stereocenters. The Balaban J connectivity index is 1.86. The second-order valence-corrected chi connectivity index (χ2v) is 5.08. The molecule has 0 spiro atoms. The van der Waals surface area contributed by atoms with Crippen molar-refractivity contribution in [3.05, 3.63) is 59.4 Å². The van der Waals surface area contributed by atoms with Gasteiger partial charge in [0.1, 0.15) is 17.3 Å². The average Bonchev–Trinajstić information content (AvgIpc) is 2.57. The first kappa shape index (κ1) is 16.8. The minimum absolute atomic E-state index is 0.0874. The van der Waals surface area contributed by atoms with Crippen molar-refractivity contribution < 1.29 is 18.7 Å². The van der Waals surface area contributed by atoms with Gasteiger partial charge in [-0.05, 0) is 30.2 Å². The molecule has 0 atom stereocenters. The van der Waals surface area contributed by atoms with E-state index in [-0.39, 0.29) is 18.1 Å². The monoisotopic (exact) mass is 317 g/mol. The number of hydrogen-bond acceptors (Lipinski definition) is 3. The zero-order valence-electron chi connectivity index (χ0n) is 13.3. The van der Waals surface area contributed by atoms with Crippen molar-refractivity contribution in [3.8, 4) is 11.5 Å². The van der Waals surface area contributed by atoms with E-state index >= 15 is 0 Å². The minimum atomic E-state index is -0.260. The molecule has 4 nitrogen and oxygen atoms in total. The van der Waals surface area contributed by atoms with Crippen LogP contribution in [0, 0.1) is 5.82 Å². The third-order valence-electron chi connectivity index (χ3n) is 3.49. The summed E-state index contributed by atoms with van der Waals surface area (Å²) in [6, 6.07) is 11.6. The summed E-state index contributed by atoms with van der Waals surface area (Å²) in [5.41, 5.74) is 1.78. The van der Waals surface area contributed by atoms with Crippen LogP contribution in [-0.2, 0) is 17.6 Å². The minimum Gasteiger partial charge on any atom is -0.497 e. The number of methoxy groups -OCH3 is 2.